The number of nitro benzene ring substituents is 1. The molecule has 98 valence electrons. The Balaban J connectivity index is 0.000000218. The van der Waals surface area contributed by atoms with Crippen molar-refractivity contribution in [2.24, 2.45) is 0 Å². The molecule has 0 unspecified atom stereocenters. The molecule has 0 saturated carbocycles. The van der Waals surface area contributed by atoms with Crippen LogP contribution in [0.4, 0.5) is 11.4 Å². The summed E-state index contributed by atoms with van der Waals surface area (Å²) >= 11 is 5.13. The number of nitro groups is 1. The fourth-order valence-electron chi connectivity index (χ4n) is 1.17. The van der Waals surface area contributed by atoms with E-state index < -0.39 is 10.2 Å². The van der Waals surface area contributed by atoms with Gasteiger partial charge in [0.05, 0.1) is 4.92 Å². The van der Waals surface area contributed by atoms with Gasteiger partial charge in [0.25, 0.3) is 10.9 Å². The molecule has 2 N–H and O–H groups in total. The Labute approximate surface area is 114 Å². The molecule has 0 saturated heterocycles. The van der Waals surface area contributed by atoms with Crippen molar-refractivity contribution in [2.75, 3.05) is 5.73 Å². The molecule has 0 bridgehead atoms. The number of anilines is 1. The highest BCUT2D eigenvalue weighted by atomic mass is 35.5. The Morgan fingerprint density at radius 1 is 1.05 bits per heavy atom. The quantitative estimate of drug-likeness (QED) is 0.395. The lowest BCUT2D eigenvalue weighted by Crippen LogP contribution is -1.90. The third-order valence-corrected chi connectivity index (χ3v) is 2.32. The number of carbonyl (C=O) groups excluding carboxylic acids is 1. The summed E-state index contributed by atoms with van der Waals surface area (Å²) in [5.41, 5.74) is 6.37. The largest absolute Gasteiger partial charge is 0.399 e. The van der Waals surface area contributed by atoms with E-state index in [0.717, 1.165) is 5.69 Å². The van der Waals surface area contributed by atoms with E-state index in [9.17, 15) is 14.9 Å². The van der Waals surface area contributed by atoms with E-state index in [1.54, 1.807) is 0 Å². The van der Waals surface area contributed by atoms with Gasteiger partial charge in [-0.1, -0.05) is 18.2 Å². The first kappa shape index (κ1) is 14.7. The van der Waals surface area contributed by atoms with Gasteiger partial charge in [0.15, 0.2) is 0 Å². The van der Waals surface area contributed by atoms with Gasteiger partial charge in [-0.15, -0.1) is 0 Å². The number of non-ortho nitro benzene ring substituents is 1. The second kappa shape index (κ2) is 7.13. The Bertz CT molecular complexity index is 523. The monoisotopic (exact) mass is 278 g/mol. The van der Waals surface area contributed by atoms with Crippen LogP contribution in [0.1, 0.15) is 10.4 Å². The number of para-hydroxylation sites is 1. The zero-order valence-electron chi connectivity index (χ0n) is 9.82. The maximum absolute atomic E-state index is 10.5. The first-order valence-electron chi connectivity index (χ1n) is 5.25. The maximum Gasteiger partial charge on any atom is 0.269 e. The highest BCUT2D eigenvalue weighted by Gasteiger charge is 2.06. The third kappa shape index (κ3) is 5.18. The van der Waals surface area contributed by atoms with Crippen molar-refractivity contribution in [3.05, 3.63) is 70.3 Å². The second-order valence-electron chi connectivity index (χ2n) is 3.49. The molecular formula is C13H11ClN2O3. The fourth-order valence-corrected chi connectivity index (χ4v) is 1.29. The van der Waals surface area contributed by atoms with E-state index in [-0.39, 0.29) is 11.3 Å². The average Bonchev–Trinajstić information content (AvgIpc) is 2.40. The normalized spacial score (nSPS) is 9.11. The number of nitrogen functional groups attached to an aromatic ring is 1. The molecule has 2 rings (SSSR count). The number of benzene rings is 2. The summed E-state index contributed by atoms with van der Waals surface area (Å²) in [6.07, 6.45) is 0. The molecular weight excluding hydrogens is 268 g/mol. The molecule has 19 heavy (non-hydrogen) atoms. The van der Waals surface area contributed by atoms with Crippen LogP contribution in [0.15, 0.2) is 54.6 Å². The van der Waals surface area contributed by atoms with Gasteiger partial charge in [-0.3, -0.25) is 14.9 Å². The zero-order chi connectivity index (χ0) is 14.3. The molecule has 0 heterocycles. The van der Waals surface area contributed by atoms with E-state index in [4.69, 9.17) is 17.3 Å². The van der Waals surface area contributed by atoms with Gasteiger partial charge in [-0.05, 0) is 35.9 Å². The molecule has 0 aliphatic carbocycles. The average molecular weight is 279 g/mol. The molecule has 0 aliphatic rings. The summed E-state index contributed by atoms with van der Waals surface area (Å²) in [6, 6.07) is 14.6. The van der Waals surface area contributed by atoms with E-state index in [0.29, 0.717) is 0 Å². The lowest BCUT2D eigenvalue weighted by atomic mass is 10.2. The Morgan fingerprint density at radius 2 is 1.58 bits per heavy atom. The van der Waals surface area contributed by atoms with Crippen molar-refractivity contribution in [3.63, 3.8) is 0 Å². The minimum atomic E-state index is -0.620. The number of hydrogen-bond donors (Lipinski definition) is 1. The van der Waals surface area contributed by atoms with Crippen LogP contribution in [0.25, 0.3) is 0 Å². The summed E-state index contributed by atoms with van der Waals surface area (Å²) in [6.45, 7) is 0. The van der Waals surface area contributed by atoms with Crippen LogP contribution in [-0.2, 0) is 0 Å². The van der Waals surface area contributed by atoms with Crippen molar-refractivity contribution in [1.82, 2.24) is 0 Å². The number of halogens is 1. The molecule has 0 radical (unpaired) electrons. The topological polar surface area (TPSA) is 86.2 Å². The van der Waals surface area contributed by atoms with Gasteiger partial charge in [0.1, 0.15) is 0 Å². The summed E-state index contributed by atoms with van der Waals surface area (Å²) in [5.74, 6) is 0. The van der Waals surface area contributed by atoms with Gasteiger partial charge in [0.2, 0.25) is 0 Å². The van der Waals surface area contributed by atoms with E-state index >= 15 is 0 Å². The summed E-state index contributed by atoms with van der Waals surface area (Å²) in [4.78, 5) is 20.2. The predicted molar refractivity (Wildman–Crippen MR) is 74.1 cm³/mol. The predicted octanol–water partition coefficient (Wildman–Crippen LogP) is 3.24. The van der Waals surface area contributed by atoms with E-state index in [1.165, 1.54) is 24.3 Å². The molecule has 0 aliphatic heterocycles. The van der Waals surface area contributed by atoms with Crippen LogP contribution in [0.2, 0.25) is 0 Å². The number of nitrogens with two attached hydrogens (primary N) is 1. The lowest BCUT2D eigenvalue weighted by Gasteiger charge is -1.92. The first-order chi connectivity index (χ1) is 9.00. The molecule has 0 aromatic heterocycles. The standard InChI is InChI=1S/C7H4ClNO3.C6H7N/c8-7(10)5-1-3-6(4-2-5)9(11)12;7-6-4-2-1-3-5-6/h1-4H;1-5H,7H2. The molecule has 2 aromatic carbocycles. The van der Waals surface area contributed by atoms with Crippen molar-refractivity contribution in [1.29, 1.82) is 0 Å². The third-order valence-electron chi connectivity index (χ3n) is 2.10. The minimum Gasteiger partial charge on any atom is -0.399 e. The molecule has 5 nitrogen and oxygen atoms in total. The second-order valence-corrected chi connectivity index (χ2v) is 3.83. The maximum atomic E-state index is 10.5. The van der Waals surface area contributed by atoms with Gasteiger partial charge in [-0.2, -0.15) is 0 Å². The number of hydrogen-bond acceptors (Lipinski definition) is 4. The van der Waals surface area contributed by atoms with Crippen molar-refractivity contribution < 1.29 is 9.72 Å². The molecule has 2 aromatic rings. The van der Waals surface area contributed by atoms with Gasteiger partial charge in [0, 0.05) is 23.4 Å². The van der Waals surface area contributed by atoms with Gasteiger partial charge < -0.3 is 5.73 Å². The zero-order valence-corrected chi connectivity index (χ0v) is 10.6. The van der Waals surface area contributed by atoms with E-state index in [2.05, 4.69) is 0 Å². The smallest absolute Gasteiger partial charge is 0.269 e. The first-order valence-corrected chi connectivity index (χ1v) is 5.63. The highest BCUT2D eigenvalue weighted by Crippen LogP contribution is 2.12. The van der Waals surface area contributed by atoms with Crippen LogP contribution in [-0.4, -0.2) is 10.2 Å². The number of rotatable bonds is 2. The van der Waals surface area contributed by atoms with Crippen molar-refractivity contribution in [3.8, 4) is 0 Å². The highest BCUT2D eigenvalue weighted by molar-refractivity contribution is 6.67. The summed E-state index contributed by atoms with van der Waals surface area (Å²) < 4.78 is 0. The molecule has 0 amide bonds. The molecule has 0 atom stereocenters. The Morgan fingerprint density at radius 3 is 1.89 bits per heavy atom. The van der Waals surface area contributed by atoms with Crippen molar-refractivity contribution in [2.45, 2.75) is 0 Å². The van der Waals surface area contributed by atoms with Crippen LogP contribution in [0.5, 0.6) is 0 Å². The minimum absolute atomic E-state index is 0.0586. The SMILES string of the molecule is Nc1ccccc1.O=C(Cl)c1ccc([N+](=O)[O-])cc1. The number of nitrogens with zero attached hydrogens (tertiary/aromatic N) is 1. The van der Waals surface area contributed by atoms with E-state index in [1.807, 2.05) is 30.3 Å². The Hall–Kier alpha value is -2.40. The van der Waals surface area contributed by atoms with Crippen molar-refractivity contribution >= 4 is 28.2 Å². The number of carbonyl (C=O) groups is 1. The van der Waals surface area contributed by atoms with Gasteiger partial charge >= 0.3 is 0 Å². The Kier molecular flexibility index (Phi) is 5.50. The molecule has 6 heteroatoms. The molecule has 0 fully saturated rings. The molecule has 0 spiro atoms. The van der Waals surface area contributed by atoms with Gasteiger partial charge in [-0.25, -0.2) is 0 Å². The fraction of sp³-hybridized carbons (Fsp3) is 0. The van der Waals surface area contributed by atoms with Crippen LogP contribution in [0.3, 0.4) is 0 Å². The lowest BCUT2D eigenvalue weighted by molar-refractivity contribution is -0.384. The summed E-state index contributed by atoms with van der Waals surface area (Å²) in [7, 11) is 0. The van der Waals surface area contributed by atoms with Crippen LogP contribution < -0.4 is 5.73 Å². The van der Waals surface area contributed by atoms with Crippen LogP contribution in [0, 0.1) is 10.1 Å². The summed E-state index contributed by atoms with van der Waals surface area (Å²) in [5, 5.41) is 9.55. The van der Waals surface area contributed by atoms with Crippen LogP contribution >= 0.6 is 11.6 Å².